The van der Waals surface area contributed by atoms with Crippen molar-refractivity contribution in [2.24, 2.45) is 7.05 Å². The first-order chi connectivity index (χ1) is 6.55. The molecule has 4 heteroatoms. The Labute approximate surface area is 84.5 Å². The van der Waals surface area contributed by atoms with Crippen molar-refractivity contribution in [3.05, 3.63) is 18.2 Å². The Balaban J connectivity index is 2.54. The quantitative estimate of drug-likeness (QED) is 0.759. The van der Waals surface area contributed by atoms with Crippen molar-refractivity contribution in [1.82, 2.24) is 9.55 Å². The van der Waals surface area contributed by atoms with Crippen molar-refractivity contribution in [1.29, 1.82) is 0 Å². The molecule has 1 unspecified atom stereocenters. The predicted molar refractivity (Wildman–Crippen MR) is 54.0 cm³/mol. The van der Waals surface area contributed by atoms with Crippen LogP contribution in [0.25, 0.3) is 0 Å². The molecule has 80 valence electrons. The third kappa shape index (κ3) is 3.12. The molecule has 0 fully saturated rings. The van der Waals surface area contributed by atoms with Crippen molar-refractivity contribution in [2.75, 3.05) is 13.2 Å². The second-order valence-electron chi connectivity index (χ2n) is 3.77. The molecular formula is C10H18N2O2. The summed E-state index contributed by atoms with van der Waals surface area (Å²) in [6.45, 7) is 4.64. The van der Waals surface area contributed by atoms with E-state index >= 15 is 0 Å². The SMILES string of the molecule is CCOCC(C)(O)Cc1nccn1C. The minimum Gasteiger partial charge on any atom is -0.387 e. The zero-order chi connectivity index (χ0) is 10.6. The average Bonchev–Trinajstić information content (AvgIpc) is 2.48. The van der Waals surface area contributed by atoms with E-state index in [1.807, 2.05) is 24.7 Å². The Hall–Kier alpha value is -0.870. The number of aryl methyl sites for hydroxylation is 1. The normalized spacial score (nSPS) is 15.4. The Morgan fingerprint density at radius 2 is 2.36 bits per heavy atom. The lowest BCUT2D eigenvalue weighted by molar-refractivity contribution is -0.0311. The van der Waals surface area contributed by atoms with E-state index in [1.165, 1.54) is 0 Å². The molecule has 0 bridgehead atoms. The van der Waals surface area contributed by atoms with E-state index in [4.69, 9.17) is 4.74 Å². The fourth-order valence-electron chi connectivity index (χ4n) is 1.28. The molecule has 0 amide bonds. The minimum atomic E-state index is -0.838. The highest BCUT2D eigenvalue weighted by atomic mass is 16.5. The highest BCUT2D eigenvalue weighted by Crippen LogP contribution is 2.11. The second kappa shape index (κ2) is 4.57. The molecule has 1 N–H and O–H groups in total. The number of ether oxygens (including phenoxy) is 1. The summed E-state index contributed by atoms with van der Waals surface area (Å²) in [4.78, 5) is 4.16. The van der Waals surface area contributed by atoms with Gasteiger partial charge in [-0.2, -0.15) is 0 Å². The van der Waals surface area contributed by atoms with Crippen LogP contribution in [-0.2, 0) is 18.2 Å². The summed E-state index contributed by atoms with van der Waals surface area (Å²) in [5, 5.41) is 9.96. The van der Waals surface area contributed by atoms with Crippen molar-refractivity contribution in [3.8, 4) is 0 Å². The topological polar surface area (TPSA) is 47.3 Å². The van der Waals surface area contributed by atoms with Gasteiger partial charge in [0.1, 0.15) is 5.82 Å². The lowest BCUT2D eigenvalue weighted by atomic mass is 10.0. The zero-order valence-electron chi connectivity index (χ0n) is 9.03. The van der Waals surface area contributed by atoms with E-state index in [2.05, 4.69) is 4.98 Å². The molecular weight excluding hydrogens is 180 g/mol. The molecule has 1 atom stereocenters. The zero-order valence-corrected chi connectivity index (χ0v) is 9.03. The lowest BCUT2D eigenvalue weighted by Crippen LogP contribution is -2.34. The van der Waals surface area contributed by atoms with Crippen LogP contribution in [0.1, 0.15) is 19.7 Å². The van der Waals surface area contributed by atoms with Crippen LogP contribution < -0.4 is 0 Å². The summed E-state index contributed by atoms with van der Waals surface area (Å²) in [6.07, 6.45) is 4.11. The van der Waals surface area contributed by atoms with E-state index in [0.29, 0.717) is 19.6 Å². The number of hydrogen-bond donors (Lipinski definition) is 1. The standard InChI is InChI=1S/C10H18N2O2/c1-4-14-8-10(2,13)7-9-11-5-6-12(9)3/h5-6,13H,4,7-8H2,1-3H3. The summed E-state index contributed by atoms with van der Waals surface area (Å²) in [5.74, 6) is 0.870. The molecule has 0 radical (unpaired) electrons. The number of nitrogens with zero attached hydrogens (tertiary/aromatic N) is 2. The molecule has 1 aromatic rings. The Bertz CT molecular complexity index is 281. The van der Waals surface area contributed by atoms with E-state index < -0.39 is 5.60 Å². The predicted octanol–water partition coefficient (Wildman–Crippen LogP) is 0.750. The van der Waals surface area contributed by atoms with E-state index in [9.17, 15) is 5.11 Å². The summed E-state index contributed by atoms with van der Waals surface area (Å²) >= 11 is 0. The van der Waals surface area contributed by atoms with Crippen molar-refractivity contribution < 1.29 is 9.84 Å². The van der Waals surface area contributed by atoms with Crippen molar-refractivity contribution >= 4 is 0 Å². The Morgan fingerprint density at radius 3 is 2.86 bits per heavy atom. The van der Waals surface area contributed by atoms with Gasteiger partial charge in [-0.05, 0) is 13.8 Å². The maximum absolute atomic E-state index is 9.96. The molecule has 1 aromatic heterocycles. The summed E-state index contributed by atoms with van der Waals surface area (Å²) in [5.41, 5.74) is -0.838. The molecule has 1 rings (SSSR count). The van der Waals surface area contributed by atoms with Gasteiger partial charge in [0, 0.05) is 32.5 Å². The number of aliphatic hydroxyl groups is 1. The summed E-state index contributed by atoms with van der Waals surface area (Å²) < 4.78 is 7.10. The third-order valence-corrected chi connectivity index (χ3v) is 2.08. The van der Waals surface area contributed by atoms with Gasteiger partial charge in [0.05, 0.1) is 12.2 Å². The van der Waals surface area contributed by atoms with Gasteiger partial charge in [-0.1, -0.05) is 0 Å². The van der Waals surface area contributed by atoms with Crippen molar-refractivity contribution in [3.63, 3.8) is 0 Å². The average molecular weight is 198 g/mol. The highest BCUT2D eigenvalue weighted by Gasteiger charge is 2.22. The third-order valence-electron chi connectivity index (χ3n) is 2.08. The highest BCUT2D eigenvalue weighted by molar-refractivity contribution is 4.96. The Kier molecular flexibility index (Phi) is 3.66. The van der Waals surface area contributed by atoms with Crippen LogP contribution in [0.3, 0.4) is 0 Å². The number of aromatic nitrogens is 2. The largest absolute Gasteiger partial charge is 0.387 e. The first-order valence-corrected chi connectivity index (χ1v) is 4.81. The molecule has 14 heavy (non-hydrogen) atoms. The molecule has 0 aliphatic carbocycles. The fourth-order valence-corrected chi connectivity index (χ4v) is 1.28. The number of imidazole rings is 1. The van der Waals surface area contributed by atoms with Crippen LogP contribution in [0, 0.1) is 0 Å². The smallest absolute Gasteiger partial charge is 0.111 e. The molecule has 0 aliphatic rings. The van der Waals surface area contributed by atoms with E-state index in [1.54, 1.807) is 13.1 Å². The van der Waals surface area contributed by atoms with Gasteiger partial charge in [-0.3, -0.25) is 0 Å². The van der Waals surface area contributed by atoms with Gasteiger partial charge < -0.3 is 14.4 Å². The van der Waals surface area contributed by atoms with Crippen LogP contribution in [0.4, 0.5) is 0 Å². The maximum atomic E-state index is 9.96. The summed E-state index contributed by atoms with van der Waals surface area (Å²) in [6, 6.07) is 0. The van der Waals surface area contributed by atoms with Crippen LogP contribution in [-0.4, -0.2) is 33.5 Å². The molecule has 0 saturated carbocycles. The monoisotopic (exact) mass is 198 g/mol. The van der Waals surface area contributed by atoms with Gasteiger partial charge in [-0.15, -0.1) is 0 Å². The van der Waals surface area contributed by atoms with E-state index in [0.717, 1.165) is 5.82 Å². The first kappa shape index (κ1) is 11.2. The maximum Gasteiger partial charge on any atom is 0.111 e. The van der Waals surface area contributed by atoms with Gasteiger partial charge in [0.2, 0.25) is 0 Å². The molecule has 0 spiro atoms. The number of hydrogen-bond acceptors (Lipinski definition) is 3. The molecule has 1 heterocycles. The molecule has 0 aromatic carbocycles. The van der Waals surface area contributed by atoms with Crippen molar-refractivity contribution in [2.45, 2.75) is 25.9 Å². The molecule has 0 aliphatic heterocycles. The Morgan fingerprint density at radius 1 is 1.64 bits per heavy atom. The summed E-state index contributed by atoms with van der Waals surface area (Å²) in [7, 11) is 1.92. The van der Waals surface area contributed by atoms with Crippen LogP contribution in [0.15, 0.2) is 12.4 Å². The van der Waals surface area contributed by atoms with Crippen LogP contribution in [0.2, 0.25) is 0 Å². The minimum absolute atomic E-state index is 0.344. The molecule has 0 saturated heterocycles. The van der Waals surface area contributed by atoms with Crippen LogP contribution in [0.5, 0.6) is 0 Å². The van der Waals surface area contributed by atoms with E-state index in [-0.39, 0.29) is 0 Å². The van der Waals surface area contributed by atoms with Crippen LogP contribution >= 0.6 is 0 Å². The fraction of sp³-hybridized carbons (Fsp3) is 0.700. The van der Waals surface area contributed by atoms with Gasteiger partial charge in [-0.25, -0.2) is 4.98 Å². The van der Waals surface area contributed by atoms with Gasteiger partial charge in [0.15, 0.2) is 0 Å². The van der Waals surface area contributed by atoms with Gasteiger partial charge >= 0.3 is 0 Å². The molecule has 4 nitrogen and oxygen atoms in total. The number of rotatable bonds is 5. The second-order valence-corrected chi connectivity index (χ2v) is 3.77. The lowest BCUT2D eigenvalue weighted by Gasteiger charge is -2.22. The van der Waals surface area contributed by atoms with Gasteiger partial charge in [0.25, 0.3) is 0 Å². The first-order valence-electron chi connectivity index (χ1n) is 4.81.